The van der Waals surface area contributed by atoms with Gasteiger partial charge in [-0.3, -0.25) is 0 Å². The van der Waals surface area contributed by atoms with E-state index in [1.807, 2.05) is 6.08 Å². The average molecular weight is 416 g/mol. The summed E-state index contributed by atoms with van der Waals surface area (Å²) in [4.78, 5) is 0. The molecule has 0 amide bonds. The van der Waals surface area contributed by atoms with Crippen LogP contribution >= 0.6 is 22.6 Å². The summed E-state index contributed by atoms with van der Waals surface area (Å²) >= 11 is 2.69. The molecule has 0 aromatic carbocycles. The van der Waals surface area contributed by atoms with Crippen molar-refractivity contribution in [3.63, 3.8) is 0 Å². The minimum atomic E-state index is -0.340. The lowest BCUT2D eigenvalue weighted by Crippen LogP contribution is -2.54. The van der Waals surface area contributed by atoms with Gasteiger partial charge in [0.15, 0.2) is 0 Å². The van der Waals surface area contributed by atoms with E-state index in [0.717, 1.165) is 35.0 Å². The third-order valence-electron chi connectivity index (χ3n) is 7.99. The van der Waals surface area contributed by atoms with Gasteiger partial charge in [-0.1, -0.05) is 42.5 Å². The predicted octanol–water partition coefficient (Wildman–Crippen LogP) is 4.08. The lowest BCUT2D eigenvalue weighted by Gasteiger charge is -2.59. The van der Waals surface area contributed by atoms with Crippen LogP contribution in [0.3, 0.4) is 0 Å². The van der Waals surface area contributed by atoms with Crippen molar-refractivity contribution in [1.29, 1.82) is 0 Å². The highest BCUT2D eigenvalue weighted by Gasteiger charge is 2.59. The van der Waals surface area contributed by atoms with Crippen LogP contribution in [0, 0.1) is 28.6 Å². The summed E-state index contributed by atoms with van der Waals surface area (Å²) in [5, 5.41) is 20.8. The molecule has 4 rings (SSSR count). The first-order chi connectivity index (χ1) is 10.4. The van der Waals surface area contributed by atoms with Crippen LogP contribution in [-0.4, -0.2) is 26.3 Å². The fourth-order valence-electron chi connectivity index (χ4n) is 6.69. The highest BCUT2D eigenvalue weighted by atomic mass is 127. The van der Waals surface area contributed by atoms with Crippen molar-refractivity contribution >= 4 is 22.6 Å². The molecule has 0 radical (unpaired) electrons. The molecule has 0 spiro atoms. The zero-order valence-electron chi connectivity index (χ0n) is 13.8. The molecule has 0 aliphatic heterocycles. The second kappa shape index (κ2) is 5.19. The normalized spacial score (nSPS) is 57.6. The number of fused-ring (bicyclic) bond motifs is 5. The van der Waals surface area contributed by atoms with Gasteiger partial charge in [-0.15, -0.1) is 0 Å². The van der Waals surface area contributed by atoms with E-state index in [9.17, 15) is 10.2 Å². The molecule has 4 aliphatic carbocycles. The van der Waals surface area contributed by atoms with Crippen molar-refractivity contribution in [2.45, 2.75) is 74.9 Å². The molecular formula is C19H29IO2. The summed E-state index contributed by atoms with van der Waals surface area (Å²) < 4.78 is 0.811. The van der Waals surface area contributed by atoms with Crippen molar-refractivity contribution < 1.29 is 10.2 Å². The molecule has 3 fully saturated rings. The van der Waals surface area contributed by atoms with Crippen LogP contribution in [0.2, 0.25) is 0 Å². The number of aliphatic hydroxyl groups is 2. The van der Waals surface area contributed by atoms with Gasteiger partial charge >= 0.3 is 0 Å². The second-order valence-electron chi connectivity index (χ2n) is 8.86. The molecule has 3 saturated carbocycles. The zero-order chi connectivity index (χ0) is 15.7. The molecule has 2 N–H and O–H groups in total. The van der Waals surface area contributed by atoms with Crippen LogP contribution in [0.25, 0.3) is 0 Å². The minimum absolute atomic E-state index is 0.131. The zero-order valence-corrected chi connectivity index (χ0v) is 15.9. The molecule has 4 aliphatic rings. The first kappa shape index (κ1) is 15.9. The quantitative estimate of drug-likeness (QED) is 0.355. The molecule has 8 atom stereocenters. The van der Waals surface area contributed by atoms with Gasteiger partial charge in [0.05, 0.1) is 12.2 Å². The van der Waals surface area contributed by atoms with Gasteiger partial charge in [-0.05, 0) is 79.1 Å². The number of aliphatic hydroxyl groups excluding tert-OH is 2. The van der Waals surface area contributed by atoms with Crippen LogP contribution in [-0.2, 0) is 0 Å². The van der Waals surface area contributed by atoms with Gasteiger partial charge in [0.2, 0.25) is 0 Å². The van der Waals surface area contributed by atoms with E-state index in [4.69, 9.17) is 0 Å². The number of hydrogen-bond donors (Lipinski definition) is 2. The van der Waals surface area contributed by atoms with Crippen LogP contribution < -0.4 is 0 Å². The van der Waals surface area contributed by atoms with Crippen LogP contribution in [0.1, 0.15) is 58.8 Å². The molecule has 0 heterocycles. The Balaban J connectivity index is 1.71. The lowest BCUT2D eigenvalue weighted by atomic mass is 9.47. The van der Waals surface area contributed by atoms with E-state index < -0.39 is 0 Å². The van der Waals surface area contributed by atoms with Crippen molar-refractivity contribution in [2.24, 2.45) is 28.6 Å². The summed E-state index contributed by atoms with van der Waals surface area (Å²) in [6.07, 6.45) is 9.57. The Bertz CT molecular complexity index is 504. The van der Waals surface area contributed by atoms with Crippen LogP contribution in [0.4, 0.5) is 0 Å². The predicted molar refractivity (Wildman–Crippen MR) is 96.9 cm³/mol. The first-order valence-electron chi connectivity index (χ1n) is 9.08. The Hall–Kier alpha value is 0.390. The van der Waals surface area contributed by atoms with Crippen molar-refractivity contribution in [3.05, 3.63) is 11.6 Å². The molecule has 0 aromatic heterocycles. The Morgan fingerprint density at radius 3 is 2.59 bits per heavy atom. The van der Waals surface area contributed by atoms with E-state index in [0.29, 0.717) is 11.3 Å². The standard InChI is InChI=1S/C19H29IO2/c1-18-7-5-11(21)9-15(18)16(22)10-12-13-3-4-17(20)19(13,2)8-6-14(12)18/h9,11-14,16-17,21-22H,3-8,10H2,1-2H3/t11-,12?,13?,14?,16-,17?,18+,19-/m0/s1. The highest BCUT2D eigenvalue weighted by molar-refractivity contribution is 14.1. The van der Waals surface area contributed by atoms with E-state index in [1.54, 1.807) is 0 Å². The molecule has 2 nitrogen and oxygen atoms in total. The van der Waals surface area contributed by atoms with Gasteiger partial charge in [0.25, 0.3) is 0 Å². The summed E-state index contributed by atoms with van der Waals surface area (Å²) in [6.45, 7) is 4.90. The smallest absolute Gasteiger partial charge is 0.0759 e. The Kier molecular flexibility index (Phi) is 3.75. The van der Waals surface area contributed by atoms with Crippen molar-refractivity contribution in [2.75, 3.05) is 0 Å². The van der Waals surface area contributed by atoms with Gasteiger partial charge in [-0.25, -0.2) is 0 Å². The minimum Gasteiger partial charge on any atom is -0.389 e. The molecule has 0 aromatic rings. The fourth-order valence-corrected chi connectivity index (χ4v) is 7.83. The Labute approximate surface area is 147 Å². The van der Waals surface area contributed by atoms with Crippen molar-refractivity contribution in [1.82, 2.24) is 0 Å². The summed E-state index contributed by atoms with van der Waals surface area (Å²) in [6, 6.07) is 0. The summed E-state index contributed by atoms with van der Waals surface area (Å²) in [7, 11) is 0. The topological polar surface area (TPSA) is 40.5 Å². The SMILES string of the molecule is C[C@]12CCC3C(C[C@H](O)C4=C[C@@H](O)CC[C@@]43C)C1CCC2I. The van der Waals surface area contributed by atoms with Gasteiger partial charge < -0.3 is 10.2 Å². The number of halogens is 1. The number of alkyl halides is 1. The maximum Gasteiger partial charge on any atom is 0.0759 e. The van der Waals surface area contributed by atoms with Crippen molar-refractivity contribution in [3.8, 4) is 0 Å². The third-order valence-corrected chi connectivity index (χ3v) is 10.0. The van der Waals surface area contributed by atoms with Gasteiger partial charge in [-0.2, -0.15) is 0 Å². The monoisotopic (exact) mass is 416 g/mol. The third kappa shape index (κ3) is 2.03. The maximum atomic E-state index is 10.8. The molecule has 124 valence electrons. The largest absolute Gasteiger partial charge is 0.389 e. The Morgan fingerprint density at radius 2 is 1.82 bits per heavy atom. The molecule has 3 heteroatoms. The first-order valence-corrected chi connectivity index (χ1v) is 10.3. The van der Waals surface area contributed by atoms with Gasteiger partial charge in [0.1, 0.15) is 0 Å². The molecule has 0 bridgehead atoms. The molecular weight excluding hydrogens is 387 g/mol. The van der Waals surface area contributed by atoms with E-state index in [-0.39, 0.29) is 17.6 Å². The maximum absolute atomic E-state index is 10.8. The molecule has 0 saturated heterocycles. The molecule has 4 unspecified atom stereocenters. The van der Waals surface area contributed by atoms with E-state index in [1.165, 1.54) is 31.3 Å². The number of hydrogen-bond acceptors (Lipinski definition) is 2. The summed E-state index contributed by atoms with van der Waals surface area (Å²) in [5.74, 6) is 2.20. The Morgan fingerprint density at radius 1 is 1.05 bits per heavy atom. The lowest BCUT2D eigenvalue weighted by molar-refractivity contribution is -0.0704. The van der Waals surface area contributed by atoms with Crippen LogP contribution in [0.5, 0.6) is 0 Å². The second-order valence-corrected chi connectivity index (χ2v) is 10.4. The number of rotatable bonds is 0. The molecule has 22 heavy (non-hydrogen) atoms. The summed E-state index contributed by atoms with van der Waals surface area (Å²) in [5.41, 5.74) is 1.79. The van der Waals surface area contributed by atoms with E-state index >= 15 is 0 Å². The average Bonchev–Trinajstić information content (AvgIpc) is 2.77. The van der Waals surface area contributed by atoms with Crippen LogP contribution in [0.15, 0.2) is 11.6 Å². The fraction of sp³-hybridized carbons (Fsp3) is 0.895. The van der Waals surface area contributed by atoms with E-state index in [2.05, 4.69) is 36.4 Å². The van der Waals surface area contributed by atoms with Gasteiger partial charge in [0, 0.05) is 3.92 Å². The highest BCUT2D eigenvalue weighted by Crippen LogP contribution is 2.66.